The molecular formula is C19H21ClN2O4. The largest absolute Gasteiger partial charge is 0.490 e. The highest BCUT2D eigenvalue weighted by Gasteiger charge is 2.06. The molecule has 0 aliphatic carbocycles. The molecule has 0 heterocycles. The number of ether oxygens (including phenoxy) is 2. The molecule has 2 aromatic carbocycles. The fraction of sp³-hybridized carbons (Fsp3) is 0.263. The first kappa shape index (κ1) is 19.6. The normalized spacial score (nSPS) is 10.6. The highest BCUT2D eigenvalue weighted by atomic mass is 35.5. The Kier molecular flexibility index (Phi) is 7.76. The van der Waals surface area contributed by atoms with Crippen molar-refractivity contribution in [1.29, 1.82) is 0 Å². The van der Waals surface area contributed by atoms with Crippen LogP contribution in [-0.4, -0.2) is 31.9 Å². The van der Waals surface area contributed by atoms with Crippen LogP contribution in [0.3, 0.4) is 0 Å². The molecule has 26 heavy (non-hydrogen) atoms. The monoisotopic (exact) mass is 376 g/mol. The molecule has 7 heteroatoms. The van der Waals surface area contributed by atoms with Crippen molar-refractivity contribution in [1.82, 2.24) is 0 Å². The Morgan fingerprint density at radius 3 is 2.58 bits per heavy atom. The van der Waals surface area contributed by atoms with Crippen LogP contribution in [0.15, 0.2) is 47.6 Å². The lowest BCUT2D eigenvalue weighted by molar-refractivity contribution is -0.120. The van der Waals surface area contributed by atoms with Crippen LogP contribution in [0, 0.1) is 0 Å². The molecule has 0 radical (unpaired) electrons. The van der Waals surface area contributed by atoms with E-state index in [0.29, 0.717) is 35.4 Å². The first-order valence-electron chi connectivity index (χ1n) is 8.23. The van der Waals surface area contributed by atoms with Crippen LogP contribution in [0.25, 0.3) is 0 Å². The van der Waals surface area contributed by atoms with Crippen molar-refractivity contribution in [2.45, 2.75) is 13.8 Å². The van der Waals surface area contributed by atoms with Gasteiger partial charge in [-0.2, -0.15) is 0 Å². The molecule has 2 aromatic rings. The molecule has 0 unspecified atom stereocenters. The van der Waals surface area contributed by atoms with Crippen molar-refractivity contribution in [3.8, 4) is 11.5 Å². The summed E-state index contributed by atoms with van der Waals surface area (Å²) in [4.78, 5) is 16.9. The van der Waals surface area contributed by atoms with Crippen molar-refractivity contribution < 1.29 is 19.1 Å². The number of hydrogen-bond donors (Lipinski definition) is 1. The summed E-state index contributed by atoms with van der Waals surface area (Å²) in [6, 6.07) is 12.4. The molecule has 0 saturated carbocycles. The second kappa shape index (κ2) is 10.3. The predicted octanol–water partition coefficient (Wildman–Crippen LogP) is 4.13. The predicted molar refractivity (Wildman–Crippen MR) is 102 cm³/mol. The number of benzene rings is 2. The zero-order chi connectivity index (χ0) is 18.8. The number of carbonyl (C=O) groups is 1. The van der Waals surface area contributed by atoms with E-state index in [4.69, 9.17) is 25.9 Å². The van der Waals surface area contributed by atoms with Gasteiger partial charge in [-0.3, -0.25) is 4.79 Å². The first-order valence-corrected chi connectivity index (χ1v) is 8.61. The van der Waals surface area contributed by atoms with E-state index in [-0.39, 0.29) is 12.5 Å². The minimum absolute atomic E-state index is 0.225. The van der Waals surface area contributed by atoms with Crippen LogP contribution >= 0.6 is 11.6 Å². The third kappa shape index (κ3) is 5.97. The van der Waals surface area contributed by atoms with Crippen LogP contribution in [-0.2, 0) is 9.63 Å². The molecule has 6 nitrogen and oxygen atoms in total. The second-order valence-corrected chi connectivity index (χ2v) is 5.52. The van der Waals surface area contributed by atoms with E-state index in [1.165, 1.54) is 6.21 Å². The lowest BCUT2D eigenvalue weighted by atomic mass is 10.2. The Bertz CT molecular complexity index is 765. The summed E-state index contributed by atoms with van der Waals surface area (Å²) in [6.07, 6.45) is 1.50. The molecule has 0 aliphatic rings. The fourth-order valence-corrected chi connectivity index (χ4v) is 2.27. The van der Waals surface area contributed by atoms with Crippen molar-refractivity contribution >= 4 is 29.4 Å². The molecule has 0 bridgehead atoms. The smallest absolute Gasteiger partial charge is 0.265 e. The zero-order valence-electron chi connectivity index (χ0n) is 14.7. The Hall–Kier alpha value is -2.73. The standard InChI is InChI=1S/C19H21ClN2O4/c1-3-24-17-10-9-14(11-18(17)25-4-2)12-21-26-13-19(23)22-16-8-6-5-7-15(16)20/h5-12H,3-4,13H2,1-2H3,(H,22,23). The molecule has 0 atom stereocenters. The molecule has 0 fully saturated rings. The quantitative estimate of drug-likeness (QED) is 0.527. The van der Waals surface area contributed by atoms with Gasteiger partial charge in [0.15, 0.2) is 18.1 Å². The lowest BCUT2D eigenvalue weighted by Gasteiger charge is -2.11. The van der Waals surface area contributed by atoms with Gasteiger partial charge in [0.05, 0.1) is 30.1 Å². The van der Waals surface area contributed by atoms with Gasteiger partial charge in [0.25, 0.3) is 5.91 Å². The number of carbonyl (C=O) groups excluding carboxylic acids is 1. The van der Waals surface area contributed by atoms with Gasteiger partial charge in [0.1, 0.15) is 0 Å². The maximum absolute atomic E-state index is 11.8. The minimum Gasteiger partial charge on any atom is -0.490 e. The van der Waals surface area contributed by atoms with Crippen LogP contribution in [0.5, 0.6) is 11.5 Å². The Morgan fingerprint density at radius 1 is 1.12 bits per heavy atom. The molecule has 0 aliphatic heterocycles. The van der Waals surface area contributed by atoms with Gasteiger partial charge in [-0.15, -0.1) is 0 Å². The molecule has 0 spiro atoms. The average Bonchev–Trinajstić information content (AvgIpc) is 2.63. The molecular weight excluding hydrogens is 356 g/mol. The van der Waals surface area contributed by atoms with Gasteiger partial charge in [-0.25, -0.2) is 0 Å². The Balaban J connectivity index is 1.88. The summed E-state index contributed by atoms with van der Waals surface area (Å²) in [5.74, 6) is 0.957. The van der Waals surface area contributed by atoms with Gasteiger partial charge in [0, 0.05) is 5.56 Å². The van der Waals surface area contributed by atoms with Crippen molar-refractivity contribution in [3.63, 3.8) is 0 Å². The number of nitrogens with one attached hydrogen (secondary N) is 1. The Morgan fingerprint density at radius 2 is 1.85 bits per heavy atom. The van der Waals surface area contributed by atoms with E-state index >= 15 is 0 Å². The number of nitrogens with zero attached hydrogens (tertiary/aromatic N) is 1. The molecule has 0 aromatic heterocycles. The summed E-state index contributed by atoms with van der Waals surface area (Å²) < 4.78 is 11.1. The van der Waals surface area contributed by atoms with E-state index in [9.17, 15) is 4.79 Å². The highest BCUT2D eigenvalue weighted by molar-refractivity contribution is 6.33. The summed E-state index contributed by atoms with van der Waals surface area (Å²) in [6.45, 7) is 4.66. The van der Waals surface area contributed by atoms with E-state index < -0.39 is 0 Å². The number of hydrogen-bond acceptors (Lipinski definition) is 5. The zero-order valence-corrected chi connectivity index (χ0v) is 15.5. The van der Waals surface area contributed by atoms with Gasteiger partial charge < -0.3 is 19.6 Å². The number of anilines is 1. The molecule has 138 valence electrons. The Labute approximate surface area is 157 Å². The van der Waals surface area contributed by atoms with Crippen molar-refractivity contribution in [2.24, 2.45) is 5.16 Å². The number of amides is 1. The molecule has 1 amide bonds. The first-order chi connectivity index (χ1) is 12.6. The van der Waals surface area contributed by atoms with Crippen LogP contribution in [0.1, 0.15) is 19.4 Å². The maximum atomic E-state index is 11.8. The number of halogens is 1. The third-order valence-corrected chi connectivity index (χ3v) is 3.52. The topological polar surface area (TPSA) is 69.2 Å². The molecule has 0 saturated heterocycles. The van der Waals surface area contributed by atoms with Crippen LogP contribution in [0.4, 0.5) is 5.69 Å². The van der Waals surface area contributed by atoms with Crippen molar-refractivity contribution in [3.05, 3.63) is 53.1 Å². The van der Waals surface area contributed by atoms with Gasteiger partial charge in [0.2, 0.25) is 0 Å². The molecule has 1 N–H and O–H groups in total. The van der Waals surface area contributed by atoms with Crippen LogP contribution < -0.4 is 14.8 Å². The van der Waals surface area contributed by atoms with E-state index in [1.807, 2.05) is 19.9 Å². The van der Waals surface area contributed by atoms with Gasteiger partial charge in [-0.05, 0) is 44.2 Å². The SMILES string of the molecule is CCOc1ccc(C=NOCC(=O)Nc2ccccc2Cl)cc1OCC. The van der Waals surface area contributed by atoms with E-state index in [2.05, 4.69) is 10.5 Å². The summed E-state index contributed by atoms with van der Waals surface area (Å²) >= 11 is 5.98. The summed E-state index contributed by atoms with van der Waals surface area (Å²) in [5, 5.41) is 6.92. The van der Waals surface area contributed by atoms with Crippen LogP contribution in [0.2, 0.25) is 5.02 Å². The highest BCUT2D eigenvalue weighted by Crippen LogP contribution is 2.28. The maximum Gasteiger partial charge on any atom is 0.265 e. The minimum atomic E-state index is -0.350. The second-order valence-electron chi connectivity index (χ2n) is 5.11. The van der Waals surface area contributed by atoms with Crippen molar-refractivity contribution in [2.75, 3.05) is 25.1 Å². The number of rotatable bonds is 9. The number of oxime groups is 1. The summed E-state index contributed by atoms with van der Waals surface area (Å²) in [5.41, 5.74) is 1.29. The molecule has 2 rings (SSSR count). The van der Waals surface area contributed by atoms with E-state index in [0.717, 1.165) is 5.56 Å². The summed E-state index contributed by atoms with van der Waals surface area (Å²) in [7, 11) is 0. The fourth-order valence-electron chi connectivity index (χ4n) is 2.09. The number of para-hydroxylation sites is 1. The lowest BCUT2D eigenvalue weighted by Crippen LogP contribution is -2.17. The van der Waals surface area contributed by atoms with Gasteiger partial charge >= 0.3 is 0 Å². The average molecular weight is 377 g/mol. The van der Waals surface area contributed by atoms with Gasteiger partial charge in [-0.1, -0.05) is 28.9 Å². The third-order valence-electron chi connectivity index (χ3n) is 3.19. The van der Waals surface area contributed by atoms with E-state index in [1.54, 1.807) is 36.4 Å².